The molecule has 0 unspecified atom stereocenters. The topological polar surface area (TPSA) is 46.3 Å². The molecule has 0 aliphatic carbocycles. The van der Waals surface area contributed by atoms with Crippen molar-refractivity contribution in [3.8, 4) is 0 Å². The maximum absolute atomic E-state index is 12.5. The van der Waals surface area contributed by atoms with Gasteiger partial charge in [-0.1, -0.05) is 44.2 Å². The van der Waals surface area contributed by atoms with E-state index in [1.54, 1.807) is 0 Å². The van der Waals surface area contributed by atoms with Crippen LogP contribution in [0.15, 0.2) is 30.3 Å². The van der Waals surface area contributed by atoms with Crippen molar-refractivity contribution in [2.75, 3.05) is 19.6 Å². The molecule has 3 nitrogen and oxygen atoms in total. The second-order valence-corrected chi connectivity index (χ2v) is 6.49. The minimum atomic E-state index is -0.108. The van der Waals surface area contributed by atoms with Crippen LogP contribution in [0.3, 0.4) is 0 Å². The van der Waals surface area contributed by atoms with Crippen LogP contribution in [0.25, 0.3) is 0 Å². The van der Waals surface area contributed by atoms with Crippen molar-refractivity contribution in [3.63, 3.8) is 0 Å². The largest absolute Gasteiger partial charge is 0.343 e. The van der Waals surface area contributed by atoms with Gasteiger partial charge in [0.25, 0.3) is 0 Å². The SMILES string of the molecule is CC(C)(CC(=O)N1CCC(CN)CC1)c1ccccc1. The molecule has 110 valence electrons. The number of nitrogens with two attached hydrogens (primary N) is 1. The van der Waals surface area contributed by atoms with Crippen LogP contribution in [0.4, 0.5) is 0 Å². The molecule has 1 amide bonds. The number of carbonyl (C=O) groups is 1. The Bertz CT molecular complexity index is 434. The third-order valence-corrected chi connectivity index (χ3v) is 4.45. The van der Waals surface area contributed by atoms with Crippen molar-refractivity contribution < 1.29 is 4.79 Å². The van der Waals surface area contributed by atoms with E-state index in [4.69, 9.17) is 5.73 Å². The van der Waals surface area contributed by atoms with Gasteiger partial charge in [-0.2, -0.15) is 0 Å². The van der Waals surface area contributed by atoms with Crippen molar-refractivity contribution in [1.29, 1.82) is 0 Å². The second kappa shape index (κ2) is 6.40. The molecule has 3 heteroatoms. The van der Waals surface area contributed by atoms with Gasteiger partial charge in [0, 0.05) is 19.5 Å². The maximum atomic E-state index is 12.5. The zero-order valence-corrected chi connectivity index (χ0v) is 12.6. The third kappa shape index (κ3) is 3.60. The van der Waals surface area contributed by atoms with Crippen molar-refractivity contribution in [3.05, 3.63) is 35.9 Å². The van der Waals surface area contributed by atoms with E-state index in [1.807, 2.05) is 23.1 Å². The highest BCUT2D eigenvalue weighted by Crippen LogP contribution is 2.28. The molecule has 0 aromatic heterocycles. The van der Waals surface area contributed by atoms with Gasteiger partial charge in [0.2, 0.25) is 5.91 Å². The molecular formula is C17H26N2O. The summed E-state index contributed by atoms with van der Waals surface area (Å²) in [6, 6.07) is 10.3. The first-order chi connectivity index (χ1) is 9.53. The van der Waals surface area contributed by atoms with E-state index < -0.39 is 0 Å². The summed E-state index contributed by atoms with van der Waals surface area (Å²) in [5, 5.41) is 0. The average Bonchev–Trinajstić information content (AvgIpc) is 2.48. The monoisotopic (exact) mass is 274 g/mol. The Morgan fingerprint density at radius 2 is 1.85 bits per heavy atom. The molecule has 0 spiro atoms. The molecule has 1 fully saturated rings. The Labute approximate surface area is 122 Å². The van der Waals surface area contributed by atoms with Gasteiger partial charge in [-0.05, 0) is 36.3 Å². The van der Waals surface area contributed by atoms with E-state index in [9.17, 15) is 4.79 Å². The number of nitrogens with zero attached hydrogens (tertiary/aromatic N) is 1. The molecule has 1 aliphatic heterocycles. The number of hydrogen-bond donors (Lipinski definition) is 1. The summed E-state index contributed by atoms with van der Waals surface area (Å²) < 4.78 is 0. The number of amides is 1. The van der Waals surface area contributed by atoms with Gasteiger partial charge in [0.15, 0.2) is 0 Å². The fourth-order valence-corrected chi connectivity index (χ4v) is 2.90. The van der Waals surface area contributed by atoms with Crippen LogP contribution in [-0.2, 0) is 10.2 Å². The van der Waals surface area contributed by atoms with E-state index in [0.717, 1.165) is 32.5 Å². The van der Waals surface area contributed by atoms with Crippen LogP contribution in [-0.4, -0.2) is 30.4 Å². The van der Waals surface area contributed by atoms with Gasteiger partial charge >= 0.3 is 0 Å². The number of likely N-dealkylation sites (tertiary alicyclic amines) is 1. The Morgan fingerprint density at radius 3 is 2.40 bits per heavy atom. The first-order valence-corrected chi connectivity index (χ1v) is 7.56. The Morgan fingerprint density at radius 1 is 1.25 bits per heavy atom. The van der Waals surface area contributed by atoms with Crippen LogP contribution in [0.2, 0.25) is 0 Å². The van der Waals surface area contributed by atoms with Crippen LogP contribution in [0, 0.1) is 5.92 Å². The Balaban J connectivity index is 1.94. The predicted octanol–water partition coefficient (Wildman–Crippen LogP) is 2.55. The smallest absolute Gasteiger partial charge is 0.223 e. The van der Waals surface area contributed by atoms with Crippen molar-refractivity contribution in [1.82, 2.24) is 4.90 Å². The van der Waals surface area contributed by atoms with E-state index in [1.165, 1.54) is 5.56 Å². The fourth-order valence-electron chi connectivity index (χ4n) is 2.90. The highest BCUT2D eigenvalue weighted by atomic mass is 16.2. The standard InChI is InChI=1S/C17H26N2O/c1-17(2,15-6-4-3-5-7-15)12-16(20)19-10-8-14(13-18)9-11-19/h3-7,14H,8-13,18H2,1-2H3. The third-order valence-electron chi connectivity index (χ3n) is 4.45. The van der Waals surface area contributed by atoms with Gasteiger partial charge in [-0.3, -0.25) is 4.79 Å². The van der Waals surface area contributed by atoms with Gasteiger partial charge in [0.05, 0.1) is 0 Å². The number of benzene rings is 1. The molecule has 2 N–H and O–H groups in total. The normalized spacial score (nSPS) is 17.2. The quantitative estimate of drug-likeness (QED) is 0.917. The molecule has 1 aromatic carbocycles. The second-order valence-electron chi connectivity index (χ2n) is 6.49. The summed E-state index contributed by atoms with van der Waals surface area (Å²) in [4.78, 5) is 14.5. The summed E-state index contributed by atoms with van der Waals surface area (Å²) in [6.45, 7) is 6.77. The molecular weight excluding hydrogens is 248 g/mol. The first-order valence-electron chi connectivity index (χ1n) is 7.56. The minimum absolute atomic E-state index is 0.108. The van der Waals surface area contributed by atoms with E-state index in [2.05, 4.69) is 26.0 Å². The lowest BCUT2D eigenvalue weighted by Crippen LogP contribution is -2.42. The van der Waals surface area contributed by atoms with Crippen molar-refractivity contribution >= 4 is 5.91 Å². The molecule has 0 bridgehead atoms. The molecule has 0 saturated carbocycles. The van der Waals surface area contributed by atoms with Crippen LogP contribution in [0.5, 0.6) is 0 Å². The summed E-state index contributed by atoms with van der Waals surface area (Å²) in [5.41, 5.74) is 6.82. The van der Waals surface area contributed by atoms with Crippen LogP contribution < -0.4 is 5.73 Å². The summed E-state index contributed by atoms with van der Waals surface area (Å²) in [5.74, 6) is 0.871. The van der Waals surface area contributed by atoms with Crippen molar-refractivity contribution in [2.24, 2.45) is 11.7 Å². The van der Waals surface area contributed by atoms with E-state index >= 15 is 0 Å². The molecule has 0 atom stereocenters. The summed E-state index contributed by atoms with van der Waals surface area (Å²) in [7, 11) is 0. The molecule has 1 aliphatic rings. The van der Waals surface area contributed by atoms with Crippen LogP contribution >= 0.6 is 0 Å². The predicted molar refractivity (Wildman–Crippen MR) is 82.4 cm³/mol. The number of rotatable bonds is 4. The van der Waals surface area contributed by atoms with Gasteiger partial charge < -0.3 is 10.6 Å². The lowest BCUT2D eigenvalue weighted by molar-refractivity contribution is -0.133. The molecule has 1 heterocycles. The highest BCUT2D eigenvalue weighted by Gasteiger charge is 2.28. The average molecular weight is 274 g/mol. The zero-order chi connectivity index (χ0) is 14.6. The molecule has 1 saturated heterocycles. The Hall–Kier alpha value is -1.35. The number of piperidine rings is 1. The number of hydrogen-bond acceptors (Lipinski definition) is 2. The lowest BCUT2D eigenvalue weighted by atomic mass is 9.81. The molecule has 0 radical (unpaired) electrons. The first kappa shape index (κ1) is 15.0. The van der Waals surface area contributed by atoms with Gasteiger partial charge in [0.1, 0.15) is 0 Å². The van der Waals surface area contributed by atoms with E-state index in [0.29, 0.717) is 12.3 Å². The van der Waals surface area contributed by atoms with Crippen LogP contribution in [0.1, 0.15) is 38.7 Å². The zero-order valence-electron chi connectivity index (χ0n) is 12.6. The lowest BCUT2D eigenvalue weighted by Gasteiger charge is -2.34. The minimum Gasteiger partial charge on any atom is -0.343 e. The van der Waals surface area contributed by atoms with E-state index in [-0.39, 0.29) is 11.3 Å². The maximum Gasteiger partial charge on any atom is 0.223 e. The molecule has 20 heavy (non-hydrogen) atoms. The Kier molecular flexibility index (Phi) is 4.81. The van der Waals surface area contributed by atoms with Gasteiger partial charge in [-0.25, -0.2) is 0 Å². The molecule has 1 aromatic rings. The summed E-state index contributed by atoms with van der Waals surface area (Å²) in [6.07, 6.45) is 2.67. The fraction of sp³-hybridized carbons (Fsp3) is 0.588. The number of carbonyl (C=O) groups excluding carboxylic acids is 1. The highest BCUT2D eigenvalue weighted by molar-refractivity contribution is 5.77. The van der Waals surface area contributed by atoms with Crippen molar-refractivity contribution in [2.45, 2.75) is 38.5 Å². The van der Waals surface area contributed by atoms with Gasteiger partial charge in [-0.15, -0.1) is 0 Å². The summed E-state index contributed by atoms with van der Waals surface area (Å²) >= 11 is 0. The molecule has 2 rings (SSSR count).